The van der Waals surface area contributed by atoms with Crippen molar-refractivity contribution >= 4 is 29.5 Å². The van der Waals surface area contributed by atoms with Gasteiger partial charge >= 0.3 is 5.97 Å². The summed E-state index contributed by atoms with van der Waals surface area (Å²) in [6.07, 6.45) is -0.819. The van der Waals surface area contributed by atoms with Crippen molar-refractivity contribution in [3.63, 3.8) is 0 Å². The van der Waals surface area contributed by atoms with Crippen LogP contribution in [0.2, 0.25) is 0 Å². The van der Waals surface area contributed by atoms with Gasteiger partial charge in [0.05, 0.1) is 12.0 Å². The van der Waals surface area contributed by atoms with Crippen LogP contribution in [0.15, 0.2) is 10.6 Å². The number of amides is 2. The molecule has 114 valence electrons. The zero-order chi connectivity index (χ0) is 15.5. The number of primary amides is 1. The molecular formula is C12H15N3O5S. The summed E-state index contributed by atoms with van der Waals surface area (Å²) in [6.45, 7) is 2.31. The Morgan fingerprint density at radius 1 is 1.52 bits per heavy atom. The zero-order valence-corrected chi connectivity index (χ0v) is 12.0. The maximum atomic E-state index is 12.0. The van der Waals surface area contributed by atoms with Gasteiger partial charge in [-0.15, -0.1) is 11.8 Å². The van der Waals surface area contributed by atoms with Crippen molar-refractivity contribution in [1.82, 2.24) is 9.80 Å². The molecule has 0 aromatic heterocycles. The first-order chi connectivity index (χ1) is 9.82. The smallest absolute Gasteiger partial charge is 0.353 e. The Hall–Kier alpha value is -1.58. The molecule has 5 atom stereocenters. The molecule has 21 heavy (non-hydrogen) atoms. The van der Waals surface area contributed by atoms with Crippen molar-refractivity contribution in [2.75, 3.05) is 13.1 Å². The lowest BCUT2D eigenvalue weighted by Crippen LogP contribution is -2.60. The van der Waals surface area contributed by atoms with Crippen molar-refractivity contribution in [3.05, 3.63) is 10.6 Å². The van der Waals surface area contributed by atoms with E-state index in [-0.39, 0.29) is 29.6 Å². The Morgan fingerprint density at radius 3 is 2.67 bits per heavy atom. The Morgan fingerprint density at radius 2 is 2.19 bits per heavy atom. The molecule has 2 amide bonds. The predicted octanol–water partition coefficient (Wildman–Crippen LogP) is -1.64. The molecule has 0 spiro atoms. The summed E-state index contributed by atoms with van der Waals surface area (Å²) >= 11 is 1.27. The van der Waals surface area contributed by atoms with Crippen LogP contribution in [-0.2, 0) is 14.4 Å². The average Bonchev–Trinajstić information content (AvgIpc) is 3.05. The van der Waals surface area contributed by atoms with Crippen LogP contribution in [0, 0.1) is 5.92 Å². The number of carboxylic acid groups (broad SMARTS) is 1. The minimum Gasteiger partial charge on any atom is -0.477 e. The minimum atomic E-state index is -1.17. The highest BCUT2D eigenvalue weighted by molar-refractivity contribution is 8.04. The number of aliphatic hydroxyl groups excluding tert-OH is 1. The highest BCUT2D eigenvalue weighted by atomic mass is 32.2. The van der Waals surface area contributed by atoms with Gasteiger partial charge in [-0.2, -0.15) is 0 Å². The monoisotopic (exact) mass is 313 g/mol. The van der Waals surface area contributed by atoms with Gasteiger partial charge in [0.25, 0.3) is 0 Å². The molecule has 0 bridgehead atoms. The van der Waals surface area contributed by atoms with E-state index in [0.717, 1.165) is 0 Å². The lowest BCUT2D eigenvalue weighted by atomic mass is 9.92. The van der Waals surface area contributed by atoms with Gasteiger partial charge in [0, 0.05) is 18.0 Å². The van der Waals surface area contributed by atoms with E-state index < -0.39 is 23.9 Å². The van der Waals surface area contributed by atoms with Crippen LogP contribution in [0.3, 0.4) is 0 Å². The highest BCUT2D eigenvalue weighted by Gasteiger charge is 2.58. The first kappa shape index (κ1) is 14.4. The van der Waals surface area contributed by atoms with Crippen molar-refractivity contribution < 1.29 is 24.6 Å². The maximum absolute atomic E-state index is 12.0. The Labute approximate surface area is 124 Å². The van der Waals surface area contributed by atoms with E-state index in [1.54, 1.807) is 4.90 Å². The third kappa shape index (κ3) is 2.12. The van der Waals surface area contributed by atoms with E-state index in [9.17, 15) is 24.6 Å². The van der Waals surface area contributed by atoms with Gasteiger partial charge in [-0.1, -0.05) is 0 Å². The van der Waals surface area contributed by atoms with Crippen molar-refractivity contribution in [3.8, 4) is 0 Å². The SMILES string of the molecule is C[C@@H](O)[C@H]1C(=O)N2C(C(=O)O)=C(CN3C[C@H]3C(N)=O)S[C@H]12. The van der Waals surface area contributed by atoms with Crippen LogP contribution in [0.5, 0.6) is 0 Å². The average molecular weight is 313 g/mol. The highest BCUT2D eigenvalue weighted by Crippen LogP contribution is 2.50. The lowest BCUT2D eigenvalue weighted by Gasteiger charge is -2.43. The molecule has 2 saturated heterocycles. The molecule has 4 N–H and O–H groups in total. The van der Waals surface area contributed by atoms with Crippen LogP contribution in [0.25, 0.3) is 0 Å². The summed E-state index contributed by atoms with van der Waals surface area (Å²) in [5.41, 5.74) is 5.15. The summed E-state index contributed by atoms with van der Waals surface area (Å²) in [6, 6.07) is -0.357. The standard InChI is InChI=1S/C12H15N3O5S/c1-4(16)7-10(18)15-8(12(19)20)6(21-11(7)15)3-14-2-5(14)9(13)17/h4-5,7,11,16H,2-3H2,1H3,(H2,13,17)(H,19,20)/t4-,5+,7+,11-,14?/m1/s1. The molecule has 0 radical (unpaired) electrons. The zero-order valence-electron chi connectivity index (χ0n) is 11.2. The third-order valence-corrected chi connectivity index (χ3v) is 5.32. The molecule has 3 heterocycles. The second-order valence-electron chi connectivity index (χ2n) is 5.41. The quantitative estimate of drug-likeness (QED) is 0.411. The number of hydrogen-bond acceptors (Lipinski definition) is 6. The summed E-state index contributed by atoms with van der Waals surface area (Å²) in [5.74, 6) is -2.55. The lowest BCUT2D eigenvalue weighted by molar-refractivity contribution is -0.156. The fourth-order valence-electron chi connectivity index (χ4n) is 2.77. The molecule has 3 aliphatic rings. The molecule has 8 nitrogen and oxygen atoms in total. The van der Waals surface area contributed by atoms with Crippen molar-refractivity contribution in [1.29, 1.82) is 0 Å². The van der Waals surface area contributed by atoms with Crippen molar-refractivity contribution in [2.45, 2.75) is 24.4 Å². The number of aliphatic hydroxyl groups is 1. The molecule has 2 fully saturated rings. The van der Waals surface area contributed by atoms with E-state index >= 15 is 0 Å². The van der Waals surface area contributed by atoms with Gasteiger partial charge in [0.1, 0.15) is 17.1 Å². The van der Waals surface area contributed by atoms with Crippen LogP contribution in [0.4, 0.5) is 0 Å². The van der Waals surface area contributed by atoms with E-state index in [1.807, 2.05) is 0 Å². The fraction of sp³-hybridized carbons (Fsp3) is 0.583. The summed E-state index contributed by atoms with van der Waals surface area (Å²) in [5, 5.41) is 18.6. The number of rotatable bonds is 5. The molecule has 9 heteroatoms. The molecule has 1 unspecified atom stereocenters. The predicted molar refractivity (Wildman–Crippen MR) is 72.6 cm³/mol. The number of β-lactam (4-membered cyclic amide) rings is 1. The fourth-order valence-corrected chi connectivity index (χ4v) is 4.40. The third-order valence-electron chi connectivity index (χ3n) is 3.96. The number of thioether (sulfide) groups is 1. The van der Waals surface area contributed by atoms with Gasteiger partial charge in [0.15, 0.2) is 0 Å². The van der Waals surface area contributed by atoms with Gasteiger partial charge in [-0.25, -0.2) is 4.79 Å². The number of carbonyl (C=O) groups is 3. The Kier molecular flexibility index (Phi) is 3.23. The number of carbonyl (C=O) groups excluding carboxylic acids is 2. The van der Waals surface area contributed by atoms with E-state index in [4.69, 9.17) is 5.73 Å². The number of aliphatic carboxylic acids is 1. The second kappa shape index (κ2) is 4.72. The molecule has 0 aromatic rings. The summed E-state index contributed by atoms with van der Waals surface area (Å²) in [4.78, 5) is 37.9. The van der Waals surface area contributed by atoms with Gasteiger partial charge in [-0.3, -0.25) is 19.4 Å². The topological polar surface area (TPSA) is 124 Å². The van der Waals surface area contributed by atoms with Gasteiger partial charge in [0.2, 0.25) is 11.8 Å². The number of carboxylic acids is 1. The van der Waals surface area contributed by atoms with Crippen LogP contribution in [-0.4, -0.2) is 68.4 Å². The normalized spacial score (nSPS) is 35.3. The number of fused-ring (bicyclic) bond motifs is 1. The van der Waals surface area contributed by atoms with Crippen LogP contribution >= 0.6 is 11.8 Å². The Bertz CT molecular complexity index is 575. The van der Waals surface area contributed by atoms with E-state index in [2.05, 4.69) is 0 Å². The number of nitrogens with zero attached hydrogens (tertiary/aromatic N) is 2. The molecule has 0 saturated carbocycles. The first-order valence-corrected chi connectivity index (χ1v) is 7.38. The molecule has 3 rings (SSSR count). The van der Waals surface area contributed by atoms with Gasteiger partial charge < -0.3 is 15.9 Å². The van der Waals surface area contributed by atoms with Crippen molar-refractivity contribution in [2.24, 2.45) is 11.7 Å². The second-order valence-corrected chi connectivity index (χ2v) is 6.62. The largest absolute Gasteiger partial charge is 0.477 e. The molecule has 3 aliphatic heterocycles. The summed E-state index contributed by atoms with van der Waals surface area (Å²) < 4.78 is 0. The van der Waals surface area contributed by atoms with Gasteiger partial charge in [-0.05, 0) is 6.92 Å². The van der Waals surface area contributed by atoms with E-state index in [1.165, 1.54) is 23.6 Å². The van der Waals surface area contributed by atoms with Crippen LogP contribution in [0.1, 0.15) is 6.92 Å². The minimum absolute atomic E-state index is 0.0398. The number of hydrogen-bond donors (Lipinski definition) is 3. The number of nitrogens with two attached hydrogens (primary N) is 1. The summed E-state index contributed by atoms with van der Waals surface area (Å²) in [7, 11) is 0. The molecule has 0 aromatic carbocycles. The molecule has 0 aliphatic carbocycles. The Balaban J connectivity index is 1.79. The molecular weight excluding hydrogens is 298 g/mol. The van der Waals surface area contributed by atoms with E-state index in [0.29, 0.717) is 11.4 Å². The maximum Gasteiger partial charge on any atom is 0.353 e. The van der Waals surface area contributed by atoms with Crippen LogP contribution < -0.4 is 5.73 Å². The first-order valence-electron chi connectivity index (χ1n) is 6.50.